The average Bonchev–Trinajstić information content (AvgIpc) is 2.50. The van der Waals surface area contributed by atoms with E-state index in [9.17, 15) is 9.59 Å². The first-order valence-corrected chi connectivity index (χ1v) is 7.46. The topological polar surface area (TPSA) is 59.5 Å². The van der Waals surface area contributed by atoms with E-state index >= 15 is 0 Å². The van der Waals surface area contributed by atoms with Crippen molar-refractivity contribution in [2.75, 3.05) is 19.7 Å². The second kappa shape index (κ2) is 7.20. The van der Waals surface area contributed by atoms with Crippen molar-refractivity contribution in [3.63, 3.8) is 0 Å². The van der Waals surface area contributed by atoms with Gasteiger partial charge in [0.1, 0.15) is 0 Å². The molecule has 0 spiro atoms. The van der Waals surface area contributed by atoms with Crippen LogP contribution in [0, 0.1) is 12.8 Å². The van der Waals surface area contributed by atoms with Crippen molar-refractivity contribution in [1.82, 2.24) is 9.88 Å². The van der Waals surface area contributed by atoms with Crippen molar-refractivity contribution in [3.05, 3.63) is 29.6 Å². The van der Waals surface area contributed by atoms with E-state index in [4.69, 9.17) is 4.74 Å². The highest BCUT2D eigenvalue weighted by Gasteiger charge is 2.28. The van der Waals surface area contributed by atoms with Crippen LogP contribution in [0.4, 0.5) is 0 Å². The van der Waals surface area contributed by atoms with Gasteiger partial charge in [-0.1, -0.05) is 6.07 Å². The van der Waals surface area contributed by atoms with E-state index < -0.39 is 0 Å². The van der Waals surface area contributed by atoms with Crippen LogP contribution in [-0.2, 0) is 20.7 Å². The second-order valence-electron chi connectivity index (χ2n) is 5.35. The summed E-state index contributed by atoms with van der Waals surface area (Å²) in [4.78, 5) is 30.0. The molecule has 0 unspecified atom stereocenters. The highest BCUT2D eigenvalue weighted by Crippen LogP contribution is 2.19. The van der Waals surface area contributed by atoms with Crippen molar-refractivity contribution in [3.8, 4) is 0 Å². The Morgan fingerprint density at radius 3 is 2.71 bits per heavy atom. The molecule has 0 atom stereocenters. The van der Waals surface area contributed by atoms with Crippen LogP contribution in [0.1, 0.15) is 31.0 Å². The molecule has 0 radical (unpaired) electrons. The van der Waals surface area contributed by atoms with Crippen molar-refractivity contribution in [2.45, 2.75) is 33.1 Å². The van der Waals surface area contributed by atoms with E-state index in [0.717, 1.165) is 11.3 Å². The summed E-state index contributed by atoms with van der Waals surface area (Å²) in [6.45, 7) is 5.42. The molecule has 2 heterocycles. The van der Waals surface area contributed by atoms with Crippen molar-refractivity contribution in [2.24, 2.45) is 5.92 Å². The van der Waals surface area contributed by atoms with Crippen LogP contribution in [0.25, 0.3) is 0 Å². The zero-order chi connectivity index (χ0) is 15.2. The lowest BCUT2D eigenvalue weighted by Gasteiger charge is -2.31. The van der Waals surface area contributed by atoms with Gasteiger partial charge in [0.2, 0.25) is 5.91 Å². The van der Waals surface area contributed by atoms with Gasteiger partial charge in [-0.05, 0) is 38.3 Å². The third-order valence-corrected chi connectivity index (χ3v) is 3.90. The lowest BCUT2D eigenvalue weighted by molar-refractivity contribution is -0.151. The number of hydrogen-bond donors (Lipinski definition) is 0. The number of likely N-dealkylation sites (tertiary alicyclic amines) is 1. The summed E-state index contributed by atoms with van der Waals surface area (Å²) in [5.74, 6) is -0.116. The Morgan fingerprint density at radius 1 is 1.38 bits per heavy atom. The van der Waals surface area contributed by atoms with Gasteiger partial charge >= 0.3 is 5.97 Å². The number of rotatable bonds is 4. The molecular formula is C16H22N2O3. The summed E-state index contributed by atoms with van der Waals surface area (Å²) >= 11 is 0. The molecule has 1 aromatic heterocycles. The van der Waals surface area contributed by atoms with E-state index in [0.29, 0.717) is 39.0 Å². The number of esters is 1. The molecule has 1 saturated heterocycles. The minimum absolute atomic E-state index is 0.0643. The van der Waals surface area contributed by atoms with Gasteiger partial charge in [0, 0.05) is 19.3 Å². The number of ether oxygens (including phenoxy) is 1. The van der Waals surface area contributed by atoms with Crippen LogP contribution >= 0.6 is 0 Å². The maximum Gasteiger partial charge on any atom is 0.309 e. The Labute approximate surface area is 125 Å². The van der Waals surface area contributed by atoms with Crippen molar-refractivity contribution >= 4 is 11.9 Å². The van der Waals surface area contributed by atoms with Crippen molar-refractivity contribution in [1.29, 1.82) is 0 Å². The maximum absolute atomic E-state index is 12.3. The van der Waals surface area contributed by atoms with Gasteiger partial charge in [-0.25, -0.2) is 0 Å². The smallest absolute Gasteiger partial charge is 0.309 e. The van der Waals surface area contributed by atoms with Crippen LogP contribution in [0.5, 0.6) is 0 Å². The molecule has 1 fully saturated rings. The molecule has 0 aliphatic carbocycles. The molecule has 1 amide bonds. The van der Waals surface area contributed by atoms with Crippen LogP contribution < -0.4 is 0 Å². The Kier molecular flexibility index (Phi) is 5.31. The minimum Gasteiger partial charge on any atom is -0.466 e. The maximum atomic E-state index is 12.3. The van der Waals surface area contributed by atoms with E-state index in [-0.39, 0.29) is 17.8 Å². The lowest BCUT2D eigenvalue weighted by atomic mass is 9.96. The minimum atomic E-state index is -0.134. The third kappa shape index (κ3) is 4.03. The summed E-state index contributed by atoms with van der Waals surface area (Å²) in [5, 5.41) is 0. The van der Waals surface area contributed by atoms with Crippen LogP contribution in [0.2, 0.25) is 0 Å². The van der Waals surface area contributed by atoms with E-state index in [1.165, 1.54) is 0 Å². The predicted molar refractivity (Wildman–Crippen MR) is 78.6 cm³/mol. The molecule has 114 valence electrons. The number of amides is 1. The standard InChI is InChI=1S/C16H22N2O3/c1-3-21-16(20)13-6-9-18(10-7-13)15(19)11-14-12(2)5-4-8-17-14/h4-5,8,13H,3,6-7,9-11H2,1-2H3. The number of hydrogen-bond acceptors (Lipinski definition) is 4. The van der Waals surface area contributed by atoms with Gasteiger partial charge in [-0.15, -0.1) is 0 Å². The van der Waals surface area contributed by atoms with Crippen LogP contribution in [0.3, 0.4) is 0 Å². The van der Waals surface area contributed by atoms with Gasteiger partial charge in [-0.2, -0.15) is 0 Å². The van der Waals surface area contributed by atoms with Gasteiger partial charge in [-0.3, -0.25) is 14.6 Å². The monoisotopic (exact) mass is 290 g/mol. The van der Waals surface area contributed by atoms with Crippen molar-refractivity contribution < 1.29 is 14.3 Å². The Bertz CT molecular complexity index is 508. The fourth-order valence-electron chi connectivity index (χ4n) is 2.58. The normalized spacial score (nSPS) is 15.8. The average molecular weight is 290 g/mol. The molecule has 0 saturated carbocycles. The van der Waals surface area contributed by atoms with Crippen LogP contribution in [-0.4, -0.2) is 41.5 Å². The number of carbonyl (C=O) groups is 2. The Morgan fingerprint density at radius 2 is 2.10 bits per heavy atom. The zero-order valence-electron chi connectivity index (χ0n) is 12.7. The number of aryl methyl sites for hydroxylation is 1. The summed E-state index contributed by atoms with van der Waals surface area (Å²) < 4.78 is 5.04. The Hall–Kier alpha value is -1.91. The molecule has 1 aliphatic rings. The molecule has 2 rings (SSSR count). The number of pyridine rings is 1. The highest BCUT2D eigenvalue weighted by molar-refractivity contribution is 5.79. The van der Waals surface area contributed by atoms with E-state index in [1.54, 1.807) is 6.20 Å². The molecule has 0 N–H and O–H groups in total. The fraction of sp³-hybridized carbons (Fsp3) is 0.562. The van der Waals surface area contributed by atoms with E-state index in [1.807, 2.05) is 30.9 Å². The SMILES string of the molecule is CCOC(=O)C1CCN(C(=O)Cc2ncccc2C)CC1. The number of aromatic nitrogens is 1. The number of nitrogens with zero attached hydrogens (tertiary/aromatic N) is 2. The van der Waals surface area contributed by atoms with Gasteiger partial charge < -0.3 is 9.64 Å². The largest absolute Gasteiger partial charge is 0.466 e. The van der Waals surface area contributed by atoms with E-state index in [2.05, 4.69) is 4.98 Å². The molecule has 1 aliphatic heterocycles. The molecular weight excluding hydrogens is 268 g/mol. The zero-order valence-corrected chi connectivity index (χ0v) is 12.7. The third-order valence-electron chi connectivity index (χ3n) is 3.90. The summed E-state index contributed by atoms with van der Waals surface area (Å²) in [5.41, 5.74) is 1.86. The number of piperidine rings is 1. The summed E-state index contributed by atoms with van der Waals surface area (Å²) in [6.07, 6.45) is 3.41. The molecule has 21 heavy (non-hydrogen) atoms. The first kappa shape index (κ1) is 15.5. The molecule has 1 aromatic rings. The van der Waals surface area contributed by atoms with Crippen LogP contribution in [0.15, 0.2) is 18.3 Å². The van der Waals surface area contributed by atoms with Gasteiger partial charge in [0.25, 0.3) is 0 Å². The fourth-order valence-corrected chi connectivity index (χ4v) is 2.58. The molecule has 5 heteroatoms. The Balaban J connectivity index is 1.86. The summed E-state index contributed by atoms with van der Waals surface area (Å²) in [7, 11) is 0. The molecule has 0 bridgehead atoms. The quantitative estimate of drug-likeness (QED) is 0.792. The highest BCUT2D eigenvalue weighted by atomic mass is 16.5. The first-order chi connectivity index (χ1) is 10.1. The summed E-state index contributed by atoms with van der Waals surface area (Å²) in [6, 6.07) is 3.83. The number of carbonyl (C=O) groups excluding carboxylic acids is 2. The molecule has 5 nitrogen and oxygen atoms in total. The lowest BCUT2D eigenvalue weighted by Crippen LogP contribution is -2.41. The van der Waals surface area contributed by atoms with Gasteiger partial charge in [0.05, 0.1) is 24.6 Å². The predicted octanol–water partition coefficient (Wildman–Crippen LogP) is 1.73. The second-order valence-corrected chi connectivity index (χ2v) is 5.35. The molecule has 0 aromatic carbocycles. The first-order valence-electron chi connectivity index (χ1n) is 7.46. The van der Waals surface area contributed by atoms with Gasteiger partial charge in [0.15, 0.2) is 0 Å².